The van der Waals surface area contributed by atoms with Crippen LogP contribution in [-0.2, 0) is 16.6 Å². The normalized spacial score (nSPS) is 11.9. The molecule has 0 unspecified atom stereocenters. The van der Waals surface area contributed by atoms with Crippen LogP contribution >= 0.6 is 15.9 Å². The van der Waals surface area contributed by atoms with Crippen molar-refractivity contribution in [1.82, 2.24) is 14.5 Å². The Morgan fingerprint density at radius 1 is 1.30 bits per heavy atom. The molecule has 0 amide bonds. The molecule has 1 aromatic heterocycles. The lowest BCUT2D eigenvalue weighted by atomic mass is 10.2. The molecular formula is C13H16BrN3O2S. The van der Waals surface area contributed by atoms with E-state index in [0.29, 0.717) is 24.1 Å². The number of aromatic amines is 1. The van der Waals surface area contributed by atoms with E-state index < -0.39 is 10.0 Å². The zero-order valence-corrected chi connectivity index (χ0v) is 13.5. The van der Waals surface area contributed by atoms with E-state index in [1.807, 2.05) is 30.3 Å². The number of aryl methyl sites for hydroxylation is 1. The Morgan fingerprint density at radius 2 is 2.00 bits per heavy atom. The van der Waals surface area contributed by atoms with Crippen molar-refractivity contribution in [2.75, 3.05) is 11.9 Å². The van der Waals surface area contributed by atoms with E-state index in [1.54, 1.807) is 6.92 Å². The van der Waals surface area contributed by atoms with E-state index in [-0.39, 0.29) is 4.90 Å². The summed E-state index contributed by atoms with van der Waals surface area (Å²) in [5, 5.41) is 7.04. The van der Waals surface area contributed by atoms with E-state index in [1.165, 1.54) is 10.5 Å². The smallest absolute Gasteiger partial charge is 0.246 e. The zero-order valence-electron chi connectivity index (χ0n) is 11.1. The molecule has 0 aliphatic carbocycles. The average molecular weight is 358 g/mol. The Morgan fingerprint density at radius 3 is 2.55 bits per heavy atom. The molecular weight excluding hydrogens is 342 g/mol. The molecule has 0 spiro atoms. The minimum Gasteiger partial charge on any atom is -0.281 e. The molecule has 5 nitrogen and oxygen atoms in total. The summed E-state index contributed by atoms with van der Waals surface area (Å²) in [6.45, 7) is 2.45. The number of H-pyrrole nitrogens is 1. The number of nitrogens with one attached hydrogen (secondary N) is 1. The quantitative estimate of drug-likeness (QED) is 0.806. The van der Waals surface area contributed by atoms with E-state index in [4.69, 9.17) is 0 Å². The molecule has 1 N–H and O–H groups in total. The second-order valence-electron chi connectivity index (χ2n) is 4.37. The Labute approximate surface area is 127 Å². The summed E-state index contributed by atoms with van der Waals surface area (Å²) in [6.07, 6.45) is 1.36. The van der Waals surface area contributed by atoms with E-state index in [0.717, 1.165) is 5.56 Å². The fourth-order valence-corrected chi connectivity index (χ4v) is 4.11. The highest BCUT2D eigenvalue weighted by Gasteiger charge is 2.26. The molecule has 0 aliphatic heterocycles. The van der Waals surface area contributed by atoms with Crippen LogP contribution in [0, 0.1) is 6.92 Å². The van der Waals surface area contributed by atoms with Gasteiger partial charge in [0, 0.05) is 18.4 Å². The van der Waals surface area contributed by atoms with Crippen LogP contribution in [0.4, 0.5) is 0 Å². The number of nitrogens with zero attached hydrogens (tertiary/aromatic N) is 2. The third-order valence-electron chi connectivity index (χ3n) is 2.94. The highest BCUT2D eigenvalue weighted by Crippen LogP contribution is 2.20. The molecule has 1 aromatic carbocycles. The standard InChI is InChI=1S/C13H16BrN3O2S/c1-11-13(9-15-16-11)20(18,19)17(8-7-14)10-12-5-3-2-4-6-12/h2-6,9H,7-8,10H2,1H3,(H,15,16). The molecule has 0 saturated heterocycles. The summed E-state index contributed by atoms with van der Waals surface area (Å²) in [5.74, 6) is 0. The second kappa shape index (κ2) is 6.51. The molecule has 20 heavy (non-hydrogen) atoms. The molecule has 0 radical (unpaired) electrons. The predicted molar refractivity (Wildman–Crippen MR) is 81.2 cm³/mol. The molecule has 1 heterocycles. The molecule has 0 saturated carbocycles. The number of halogens is 1. The Kier molecular flexibility index (Phi) is 4.95. The van der Waals surface area contributed by atoms with Crippen LogP contribution in [0.3, 0.4) is 0 Å². The summed E-state index contributed by atoms with van der Waals surface area (Å²) in [7, 11) is -3.54. The number of hydrogen-bond acceptors (Lipinski definition) is 3. The molecule has 2 rings (SSSR count). The predicted octanol–water partition coefficient (Wildman–Crippen LogP) is 2.30. The third-order valence-corrected chi connectivity index (χ3v) is 5.25. The van der Waals surface area contributed by atoms with Gasteiger partial charge in [-0.3, -0.25) is 5.10 Å². The first-order valence-corrected chi connectivity index (χ1v) is 8.72. The van der Waals surface area contributed by atoms with Crippen molar-refractivity contribution < 1.29 is 8.42 Å². The second-order valence-corrected chi connectivity index (χ2v) is 7.07. The molecule has 7 heteroatoms. The summed E-state index contributed by atoms with van der Waals surface area (Å²) in [4.78, 5) is 0.231. The van der Waals surface area contributed by atoms with Crippen molar-refractivity contribution >= 4 is 26.0 Å². The van der Waals surface area contributed by atoms with Gasteiger partial charge in [0.2, 0.25) is 10.0 Å². The van der Waals surface area contributed by atoms with Crippen LogP contribution in [0.5, 0.6) is 0 Å². The highest BCUT2D eigenvalue weighted by molar-refractivity contribution is 9.09. The van der Waals surface area contributed by atoms with Gasteiger partial charge in [0.1, 0.15) is 4.90 Å². The minimum atomic E-state index is -3.54. The van der Waals surface area contributed by atoms with Crippen LogP contribution in [0.15, 0.2) is 41.4 Å². The number of aromatic nitrogens is 2. The first kappa shape index (κ1) is 15.2. The molecule has 0 aliphatic rings. The minimum absolute atomic E-state index is 0.231. The highest BCUT2D eigenvalue weighted by atomic mass is 79.9. The number of rotatable bonds is 6. The number of hydrogen-bond donors (Lipinski definition) is 1. The zero-order chi connectivity index (χ0) is 14.6. The maximum absolute atomic E-state index is 12.7. The summed E-state index contributed by atoms with van der Waals surface area (Å²) < 4.78 is 26.8. The summed E-state index contributed by atoms with van der Waals surface area (Å²) in [5.41, 5.74) is 1.51. The summed E-state index contributed by atoms with van der Waals surface area (Å²) >= 11 is 3.31. The van der Waals surface area contributed by atoms with Gasteiger partial charge in [-0.15, -0.1) is 0 Å². The van der Waals surface area contributed by atoms with Gasteiger partial charge in [-0.25, -0.2) is 8.42 Å². The number of alkyl halides is 1. The third kappa shape index (κ3) is 3.28. The van der Waals surface area contributed by atoms with Gasteiger partial charge < -0.3 is 0 Å². The van der Waals surface area contributed by atoms with Crippen molar-refractivity contribution in [3.05, 3.63) is 47.8 Å². The van der Waals surface area contributed by atoms with Crippen molar-refractivity contribution in [1.29, 1.82) is 0 Å². The van der Waals surface area contributed by atoms with Gasteiger partial charge in [-0.2, -0.15) is 9.40 Å². The molecule has 0 bridgehead atoms. The average Bonchev–Trinajstić information content (AvgIpc) is 2.86. The van der Waals surface area contributed by atoms with Crippen molar-refractivity contribution in [3.8, 4) is 0 Å². The van der Waals surface area contributed by atoms with E-state index in [9.17, 15) is 8.42 Å². The molecule has 0 fully saturated rings. The summed E-state index contributed by atoms with van der Waals surface area (Å²) in [6, 6.07) is 9.54. The molecule has 108 valence electrons. The lowest BCUT2D eigenvalue weighted by Gasteiger charge is -2.21. The Hall–Kier alpha value is -1.18. The van der Waals surface area contributed by atoms with Gasteiger partial charge >= 0.3 is 0 Å². The fourth-order valence-electron chi connectivity index (χ4n) is 1.90. The Balaban J connectivity index is 2.31. The SMILES string of the molecule is Cc1[nH]ncc1S(=O)(=O)N(CCBr)Cc1ccccc1. The first-order valence-electron chi connectivity index (χ1n) is 6.15. The van der Waals surface area contributed by atoms with Gasteiger partial charge in [0.15, 0.2) is 0 Å². The van der Waals surface area contributed by atoms with Crippen molar-refractivity contribution in [3.63, 3.8) is 0 Å². The molecule has 0 atom stereocenters. The van der Waals surface area contributed by atoms with Crippen molar-refractivity contribution in [2.45, 2.75) is 18.4 Å². The lowest BCUT2D eigenvalue weighted by molar-refractivity contribution is 0.426. The lowest BCUT2D eigenvalue weighted by Crippen LogP contribution is -2.32. The van der Waals surface area contributed by atoms with Gasteiger partial charge in [0.25, 0.3) is 0 Å². The Bertz CT molecular complexity index is 655. The fraction of sp³-hybridized carbons (Fsp3) is 0.308. The van der Waals surface area contributed by atoms with Crippen LogP contribution in [0.25, 0.3) is 0 Å². The first-order chi connectivity index (χ1) is 9.55. The molecule has 2 aromatic rings. The van der Waals surface area contributed by atoms with E-state index in [2.05, 4.69) is 26.1 Å². The van der Waals surface area contributed by atoms with Crippen LogP contribution in [0.1, 0.15) is 11.3 Å². The number of benzene rings is 1. The van der Waals surface area contributed by atoms with Crippen LogP contribution in [0.2, 0.25) is 0 Å². The van der Waals surface area contributed by atoms with Crippen molar-refractivity contribution in [2.24, 2.45) is 0 Å². The van der Waals surface area contributed by atoms with Gasteiger partial charge in [0.05, 0.1) is 11.9 Å². The largest absolute Gasteiger partial charge is 0.281 e. The van der Waals surface area contributed by atoms with Crippen LogP contribution < -0.4 is 0 Å². The maximum atomic E-state index is 12.7. The monoisotopic (exact) mass is 357 g/mol. The maximum Gasteiger partial charge on any atom is 0.246 e. The van der Waals surface area contributed by atoms with Gasteiger partial charge in [-0.05, 0) is 12.5 Å². The van der Waals surface area contributed by atoms with E-state index >= 15 is 0 Å². The van der Waals surface area contributed by atoms with Crippen LogP contribution in [-0.4, -0.2) is 34.8 Å². The van der Waals surface area contributed by atoms with Gasteiger partial charge in [-0.1, -0.05) is 46.3 Å². The topological polar surface area (TPSA) is 66.1 Å². The number of sulfonamides is 1.